The van der Waals surface area contributed by atoms with Crippen molar-refractivity contribution < 1.29 is 17.9 Å². The smallest absolute Gasteiger partial charge is 0.241 e. The first-order chi connectivity index (χ1) is 13.0. The minimum Gasteiger partial charge on any atom is -0.496 e. The van der Waals surface area contributed by atoms with Crippen molar-refractivity contribution in [2.45, 2.75) is 37.1 Å². The molecule has 0 atom stereocenters. The Hall–Kier alpha value is -2.38. The van der Waals surface area contributed by atoms with Crippen LogP contribution in [0.15, 0.2) is 47.4 Å². The topological polar surface area (TPSA) is 84.5 Å². The molecule has 0 unspecified atom stereocenters. The summed E-state index contributed by atoms with van der Waals surface area (Å²) in [4.78, 5) is 12.3. The molecule has 0 aromatic heterocycles. The highest BCUT2D eigenvalue weighted by Crippen LogP contribution is 2.24. The van der Waals surface area contributed by atoms with E-state index in [1.807, 2.05) is 24.3 Å². The van der Waals surface area contributed by atoms with Crippen LogP contribution in [0.1, 0.15) is 29.5 Å². The molecule has 0 bridgehead atoms. The number of carbonyl (C=O) groups is 1. The van der Waals surface area contributed by atoms with Crippen LogP contribution in [0.3, 0.4) is 0 Å². The van der Waals surface area contributed by atoms with E-state index in [-0.39, 0.29) is 18.0 Å². The van der Waals surface area contributed by atoms with Gasteiger partial charge in [-0.25, -0.2) is 13.1 Å². The molecule has 3 rings (SSSR count). The van der Waals surface area contributed by atoms with Crippen molar-refractivity contribution in [2.75, 3.05) is 13.7 Å². The molecule has 7 heteroatoms. The lowest BCUT2D eigenvalue weighted by Gasteiger charge is -2.16. The molecule has 0 aliphatic heterocycles. The van der Waals surface area contributed by atoms with Crippen LogP contribution < -0.4 is 14.8 Å². The lowest BCUT2D eigenvalue weighted by molar-refractivity contribution is -0.120. The Morgan fingerprint density at radius 2 is 1.81 bits per heavy atom. The number of aryl methyl sites for hydroxylation is 2. The molecule has 144 valence electrons. The van der Waals surface area contributed by atoms with Crippen LogP contribution in [0.2, 0.25) is 0 Å². The number of hydrogen-bond acceptors (Lipinski definition) is 4. The van der Waals surface area contributed by atoms with Gasteiger partial charge in [0, 0.05) is 12.1 Å². The average molecular weight is 388 g/mol. The molecule has 0 saturated carbocycles. The molecular formula is C20H24N2O4S. The van der Waals surface area contributed by atoms with Gasteiger partial charge in [-0.2, -0.15) is 0 Å². The standard InChI is InChI=1S/C20H24N2O4S/c1-26-19-9-5-4-8-17(19)13-21-20(23)14-22-27(24,25)18-11-10-15-6-2-3-7-16(15)12-18/h4-5,8-12,22H,2-3,6-7,13-14H2,1H3,(H,21,23). The second-order valence-electron chi connectivity index (χ2n) is 6.55. The third-order valence-corrected chi connectivity index (χ3v) is 6.12. The largest absolute Gasteiger partial charge is 0.496 e. The van der Waals surface area contributed by atoms with E-state index in [4.69, 9.17) is 4.74 Å². The fraction of sp³-hybridized carbons (Fsp3) is 0.350. The normalized spacial score (nSPS) is 13.7. The number of carbonyl (C=O) groups excluding carboxylic acids is 1. The monoisotopic (exact) mass is 388 g/mol. The van der Waals surface area contributed by atoms with Crippen LogP contribution in [0.4, 0.5) is 0 Å². The van der Waals surface area contributed by atoms with Gasteiger partial charge in [0.15, 0.2) is 0 Å². The van der Waals surface area contributed by atoms with Crippen LogP contribution in [0, 0.1) is 0 Å². The molecule has 0 fully saturated rings. The number of para-hydroxylation sites is 1. The molecule has 1 aliphatic rings. The van der Waals surface area contributed by atoms with Gasteiger partial charge in [0.05, 0.1) is 18.6 Å². The molecule has 0 saturated heterocycles. The average Bonchev–Trinajstić information content (AvgIpc) is 2.70. The maximum atomic E-state index is 12.5. The first kappa shape index (κ1) is 19.4. The number of methoxy groups -OCH3 is 1. The van der Waals surface area contributed by atoms with Crippen LogP contribution >= 0.6 is 0 Å². The van der Waals surface area contributed by atoms with Crippen molar-refractivity contribution in [3.05, 3.63) is 59.2 Å². The Morgan fingerprint density at radius 3 is 2.59 bits per heavy atom. The predicted molar refractivity (Wildman–Crippen MR) is 103 cm³/mol. The highest BCUT2D eigenvalue weighted by molar-refractivity contribution is 7.89. The lowest BCUT2D eigenvalue weighted by Crippen LogP contribution is -2.36. The van der Waals surface area contributed by atoms with E-state index in [1.54, 1.807) is 25.3 Å². The van der Waals surface area contributed by atoms with Gasteiger partial charge in [0.1, 0.15) is 5.75 Å². The first-order valence-electron chi connectivity index (χ1n) is 8.99. The van der Waals surface area contributed by atoms with Gasteiger partial charge in [-0.15, -0.1) is 0 Å². The van der Waals surface area contributed by atoms with Gasteiger partial charge in [0.2, 0.25) is 15.9 Å². The minimum atomic E-state index is -3.72. The summed E-state index contributed by atoms with van der Waals surface area (Å²) in [5.74, 6) is 0.273. The lowest BCUT2D eigenvalue weighted by atomic mass is 9.92. The third kappa shape index (κ3) is 4.87. The van der Waals surface area contributed by atoms with Gasteiger partial charge in [-0.1, -0.05) is 24.3 Å². The fourth-order valence-electron chi connectivity index (χ4n) is 3.23. The molecule has 2 aromatic carbocycles. The number of rotatable bonds is 7. The molecule has 27 heavy (non-hydrogen) atoms. The van der Waals surface area contributed by atoms with Crippen molar-refractivity contribution in [1.82, 2.24) is 10.0 Å². The van der Waals surface area contributed by atoms with Crippen LogP contribution in [-0.2, 0) is 34.2 Å². The fourth-order valence-corrected chi connectivity index (χ4v) is 4.26. The Bertz CT molecular complexity index is 925. The van der Waals surface area contributed by atoms with Crippen LogP contribution in [0.25, 0.3) is 0 Å². The zero-order valence-corrected chi connectivity index (χ0v) is 16.1. The van der Waals surface area contributed by atoms with Gasteiger partial charge in [-0.3, -0.25) is 4.79 Å². The van der Waals surface area contributed by atoms with E-state index in [2.05, 4.69) is 10.0 Å². The Morgan fingerprint density at radius 1 is 1.07 bits per heavy atom. The van der Waals surface area contributed by atoms with E-state index in [0.717, 1.165) is 36.8 Å². The Labute approximate surface area is 160 Å². The number of nitrogens with one attached hydrogen (secondary N) is 2. The van der Waals surface area contributed by atoms with E-state index < -0.39 is 15.9 Å². The highest BCUT2D eigenvalue weighted by atomic mass is 32.2. The van der Waals surface area contributed by atoms with Crippen molar-refractivity contribution in [3.8, 4) is 5.75 Å². The number of fused-ring (bicyclic) bond motifs is 1. The summed E-state index contributed by atoms with van der Waals surface area (Å²) in [5.41, 5.74) is 3.13. The van der Waals surface area contributed by atoms with Crippen molar-refractivity contribution in [3.63, 3.8) is 0 Å². The van der Waals surface area contributed by atoms with Gasteiger partial charge < -0.3 is 10.1 Å². The SMILES string of the molecule is COc1ccccc1CNC(=O)CNS(=O)(=O)c1ccc2c(c1)CCCC2. The molecule has 0 heterocycles. The van der Waals surface area contributed by atoms with E-state index in [0.29, 0.717) is 5.75 Å². The number of sulfonamides is 1. The summed E-state index contributed by atoms with van der Waals surface area (Å²) in [5, 5.41) is 2.70. The zero-order chi connectivity index (χ0) is 19.3. The number of amides is 1. The molecule has 0 radical (unpaired) electrons. The Kier molecular flexibility index (Phi) is 6.13. The third-order valence-electron chi connectivity index (χ3n) is 4.72. The van der Waals surface area contributed by atoms with E-state index >= 15 is 0 Å². The molecule has 2 N–H and O–H groups in total. The number of hydrogen-bond donors (Lipinski definition) is 2. The predicted octanol–water partition coefficient (Wildman–Crippen LogP) is 2.17. The second-order valence-corrected chi connectivity index (χ2v) is 8.32. The first-order valence-corrected chi connectivity index (χ1v) is 10.5. The second kappa shape index (κ2) is 8.54. The van der Waals surface area contributed by atoms with E-state index in [9.17, 15) is 13.2 Å². The van der Waals surface area contributed by atoms with Gasteiger partial charge >= 0.3 is 0 Å². The maximum Gasteiger partial charge on any atom is 0.241 e. The van der Waals surface area contributed by atoms with Crippen LogP contribution in [-0.4, -0.2) is 28.0 Å². The molecule has 0 spiro atoms. The molecule has 1 aliphatic carbocycles. The summed E-state index contributed by atoms with van der Waals surface area (Å²) in [6.45, 7) is -0.0437. The number of ether oxygens (including phenoxy) is 1. The summed E-state index contributed by atoms with van der Waals surface area (Å²) in [6, 6.07) is 12.6. The molecular weight excluding hydrogens is 364 g/mol. The Balaban J connectivity index is 1.57. The summed E-state index contributed by atoms with van der Waals surface area (Å²) < 4.78 is 32.6. The van der Waals surface area contributed by atoms with E-state index in [1.165, 1.54) is 5.56 Å². The van der Waals surface area contributed by atoms with Crippen molar-refractivity contribution in [2.24, 2.45) is 0 Å². The van der Waals surface area contributed by atoms with Gasteiger partial charge in [-0.05, 0) is 55.0 Å². The zero-order valence-electron chi connectivity index (χ0n) is 15.3. The summed E-state index contributed by atoms with van der Waals surface area (Å²) in [7, 11) is -2.16. The number of benzene rings is 2. The highest BCUT2D eigenvalue weighted by Gasteiger charge is 2.18. The minimum absolute atomic E-state index is 0.209. The molecule has 2 aromatic rings. The van der Waals surface area contributed by atoms with Gasteiger partial charge in [0.25, 0.3) is 0 Å². The summed E-state index contributed by atoms with van der Waals surface area (Å²) >= 11 is 0. The molecule has 1 amide bonds. The quantitative estimate of drug-likeness (QED) is 0.761. The van der Waals surface area contributed by atoms with Crippen LogP contribution in [0.5, 0.6) is 5.75 Å². The van der Waals surface area contributed by atoms with Crippen molar-refractivity contribution >= 4 is 15.9 Å². The maximum absolute atomic E-state index is 12.5. The van der Waals surface area contributed by atoms with Crippen molar-refractivity contribution in [1.29, 1.82) is 0 Å². The summed E-state index contributed by atoms with van der Waals surface area (Å²) in [6.07, 6.45) is 4.12. The molecule has 6 nitrogen and oxygen atoms in total.